The van der Waals surface area contributed by atoms with E-state index in [0.717, 1.165) is 0 Å². The Bertz CT molecular complexity index is 1990. The van der Waals surface area contributed by atoms with E-state index in [1.807, 2.05) is 0 Å². The molecular weight excluding hydrogens is 1120 g/mol. The number of ketones is 1. The summed E-state index contributed by atoms with van der Waals surface area (Å²) in [6.07, 6.45) is -68.0. The third-order valence-corrected chi connectivity index (χ3v) is 15.6. The summed E-state index contributed by atoms with van der Waals surface area (Å²) in [5.74, 6) is -0.636. The highest BCUT2D eigenvalue weighted by Crippen LogP contribution is 2.40. The molecule has 0 aliphatic carbocycles. The molecule has 0 aromatic carbocycles. The molecule has 0 aromatic rings. The lowest BCUT2D eigenvalue weighted by Crippen LogP contribution is -2.68. The SMILES string of the molecule is O=C1CO[C@@H]2[C@@H](OC1)[C@H]1O[C@H]3[C@H](O)[C@@H](O)[C@@H](O[C@H]4[C@H](O)[C@@H](O)[C@@H](O[C@H]5[C@H](O)[C@@H](O)[C@@H](O[C@H]6[C@H](O)[C@@H](O)[C@@H](O[C@H]7[C@H](O)[C@@H](O)[C@@H](O[C@H]8[C@H](O)[C@@H](O)[C@@H](O[C@@H]2[C@@H](CO)O1)O[C@@H]8CO)O[C@@H]7CO)O[C@@H]6CO)O[C@@H]5CO)O[C@@H]4CO)O[C@@H]3CO. The second-order valence-electron chi connectivity index (χ2n) is 20.8. The van der Waals surface area contributed by atoms with Gasteiger partial charge in [0.25, 0.3) is 0 Å². The second kappa shape index (κ2) is 27.1. The Labute approximate surface area is 457 Å². The van der Waals surface area contributed by atoms with Gasteiger partial charge in [-0.25, -0.2) is 0 Å². The summed E-state index contributed by atoms with van der Waals surface area (Å²) < 4.78 is 93.0. The number of ether oxygens (including phenoxy) is 16. The van der Waals surface area contributed by atoms with Crippen LogP contribution >= 0.6 is 0 Å². The molecular formula is C45H72O36. The van der Waals surface area contributed by atoms with Crippen LogP contribution in [0.25, 0.3) is 0 Å². The Balaban J connectivity index is 1.02. The van der Waals surface area contributed by atoms with Crippen molar-refractivity contribution in [2.24, 2.45) is 0 Å². The lowest BCUT2D eigenvalue weighted by Gasteiger charge is -2.50. The van der Waals surface area contributed by atoms with Crippen molar-refractivity contribution in [3.8, 4) is 0 Å². The van der Waals surface area contributed by atoms with Crippen molar-refractivity contribution < 1.29 is 178 Å². The lowest BCUT2D eigenvalue weighted by molar-refractivity contribution is -0.398. The first-order valence-corrected chi connectivity index (χ1v) is 26.1. The van der Waals surface area contributed by atoms with Gasteiger partial charge in [0.15, 0.2) is 49.8 Å². The smallest absolute Gasteiger partial charge is 0.187 e. The highest BCUT2D eigenvalue weighted by atomic mass is 16.8. The minimum atomic E-state index is -2.21. The molecule has 0 radical (unpaired) electrons. The number of rotatable bonds is 7. The van der Waals surface area contributed by atoms with Gasteiger partial charge in [-0.15, -0.1) is 0 Å². The first-order chi connectivity index (χ1) is 38.7. The minimum absolute atomic E-state index is 0.636. The number of carbonyl (C=O) groups excluding carboxylic acids is 1. The van der Waals surface area contributed by atoms with Gasteiger partial charge in [-0.3, -0.25) is 4.79 Å². The maximum atomic E-state index is 12.7. The van der Waals surface area contributed by atoms with Crippen LogP contribution < -0.4 is 0 Å². The molecule has 36 heteroatoms. The summed E-state index contributed by atoms with van der Waals surface area (Å²) in [6, 6.07) is 0. The maximum absolute atomic E-state index is 12.7. The Morgan fingerprint density at radius 2 is 0.420 bits per heavy atom. The molecule has 22 aliphatic heterocycles. The molecule has 36 nitrogen and oxygen atoms in total. The van der Waals surface area contributed by atoms with Crippen LogP contribution in [0.4, 0.5) is 0 Å². The maximum Gasteiger partial charge on any atom is 0.187 e. The van der Waals surface area contributed by atoms with Crippen LogP contribution in [-0.4, -0.2) is 377 Å². The Hall–Kier alpha value is -1.73. The van der Waals surface area contributed by atoms with Crippen LogP contribution in [0.2, 0.25) is 0 Å². The quantitative estimate of drug-likeness (QED) is 0.113. The van der Waals surface area contributed by atoms with Gasteiger partial charge in [-0.1, -0.05) is 0 Å². The van der Waals surface area contributed by atoms with E-state index in [4.69, 9.17) is 75.8 Å². The van der Waals surface area contributed by atoms with Gasteiger partial charge in [0.1, 0.15) is 184 Å². The lowest BCUT2D eigenvalue weighted by atomic mass is 9.95. The third-order valence-electron chi connectivity index (χ3n) is 15.6. The third kappa shape index (κ3) is 12.6. The van der Waals surface area contributed by atoms with E-state index >= 15 is 0 Å². The molecule has 22 fully saturated rings. The molecule has 0 unspecified atom stereocenters. The molecule has 19 N–H and O–H groups in total. The van der Waals surface area contributed by atoms with E-state index in [2.05, 4.69) is 0 Å². The molecule has 0 aromatic heterocycles. The van der Waals surface area contributed by atoms with Crippen molar-refractivity contribution in [3.05, 3.63) is 0 Å². The Kier molecular flexibility index (Phi) is 21.3. The monoisotopic (exact) mass is 1190 g/mol. The predicted molar refractivity (Wildman–Crippen MR) is 241 cm³/mol. The second-order valence-corrected chi connectivity index (χ2v) is 20.8. The standard InChI is InChI=1S/C45H72O36/c46-1-11-30-18(54)25(61)40(69-11)77-32-13(3-48)71-42(27(63)20(32)56)79-34-15(5-50)73-44(29(65)22(34)58)81-36-17(7-52)74-45(38-37(36)66-8-10(53)9-67-38)80-35-16(6-51)72-43(28(64)23(35)59)78-33-14(4-49)70-41(26(62)21(33)57)76-31-12(2-47)68-39(75-30)24(60)19(31)55/h11-52,54-65H,1-9H2/t11-,12-,13-,14-,15-,16-,17-,18-,19-,20-,21-,22-,23-,24-,25-,26-,27-,28-,29-,30-,31-,32-,33-,34-,35-,36-,37+,38-,39-,40-,41-,42-,43-,44-,45-/m1/s1. The van der Waals surface area contributed by atoms with Crippen LogP contribution in [0.5, 0.6) is 0 Å². The van der Waals surface area contributed by atoms with Gasteiger partial charge < -0.3 is 173 Å². The van der Waals surface area contributed by atoms with Gasteiger partial charge in [-0.05, 0) is 0 Å². The summed E-state index contributed by atoms with van der Waals surface area (Å²) >= 11 is 0. The number of aliphatic hydroxyl groups excluding tert-OH is 19. The Morgan fingerprint density at radius 1 is 0.235 bits per heavy atom. The van der Waals surface area contributed by atoms with Crippen molar-refractivity contribution in [2.45, 2.75) is 215 Å². The molecule has 22 saturated heterocycles. The van der Waals surface area contributed by atoms with Crippen LogP contribution in [0.1, 0.15) is 0 Å². The Morgan fingerprint density at radius 3 is 0.654 bits per heavy atom. The molecule has 22 rings (SSSR count). The fraction of sp³-hybridized carbons (Fsp3) is 0.978. The molecule has 35 atom stereocenters. The molecule has 0 spiro atoms. The van der Waals surface area contributed by atoms with Gasteiger partial charge in [0.05, 0.1) is 46.2 Å². The molecule has 0 saturated carbocycles. The summed E-state index contributed by atoms with van der Waals surface area (Å²) in [5, 5.41) is 210. The zero-order valence-electron chi connectivity index (χ0n) is 42.5. The number of Topliss-reactive ketones (excluding diaryl/α,β-unsaturated/α-hetero) is 1. The summed E-state index contributed by atoms with van der Waals surface area (Å²) in [7, 11) is 0. The van der Waals surface area contributed by atoms with Gasteiger partial charge >= 0.3 is 0 Å². The first-order valence-electron chi connectivity index (χ1n) is 26.1. The highest BCUT2D eigenvalue weighted by molar-refractivity contribution is 5.81. The van der Waals surface area contributed by atoms with Crippen molar-refractivity contribution in [2.75, 3.05) is 59.5 Å². The van der Waals surface area contributed by atoms with Crippen molar-refractivity contribution >= 4 is 5.78 Å². The molecule has 22 heterocycles. The molecule has 22 aliphatic rings. The molecule has 81 heavy (non-hydrogen) atoms. The fourth-order valence-electron chi connectivity index (χ4n) is 11.2. The number of hydrogen-bond acceptors (Lipinski definition) is 36. The van der Waals surface area contributed by atoms with Crippen molar-refractivity contribution in [1.29, 1.82) is 0 Å². The number of hydrogen-bond donors (Lipinski definition) is 19. The van der Waals surface area contributed by atoms with E-state index in [1.165, 1.54) is 0 Å². The average Bonchev–Trinajstić information content (AvgIpc) is 3.66. The summed E-state index contributed by atoms with van der Waals surface area (Å²) in [4.78, 5) is 12.7. The predicted octanol–water partition coefficient (Wildman–Crippen LogP) is -14.6. The number of carbonyl (C=O) groups is 1. The van der Waals surface area contributed by atoms with E-state index in [1.54, 1.807) is 0 Å². The van der Waals surface area contributed by atoms with Gasteiger partial charge in [0, 0.05) is 0 Å². The van der Waals surface area contributed by atoms with E-state index in [-0.39, 0.29) is 0 Å². The number of aliphatic hydroxyl groups is 19. The van der Waals surface area contributed by atoms with Crippen molar-refractivity contribution in [1.82, 2.24) is 0 Å². The topological polar surface area (TPSA) is 549 Å². The van der Waals surface area contributed by atoms with Crippen LogP contribution in [-0.2, 0) is 80.6 Å². The zero-order chi connectivity index (χ0) is 58.5. The molecule has 14 bridgehead atoms. The molecule has 0 amide bonds. The van der Waals surface area contributed by atoms with Crippen molar-refractivity contribution in [3.63, 3.8) is 0 Å². The van der Waals surface area contributed by atoms with Gasteiger partial charge in [-0.2, -0.15) is 0 Å². The fourth-order valence-corrected chi connectivity index (χ4v) is 11.2. The van der Waals surface area contributed by atoms with E-state index < -0.39 is 280 Å². The zero-order valence-corrected chi connectivity index (χ0v) is 42.5. The largest absolute Gasteiger partial charge is 0.394 e. The van der Waals surface area contributed by atoms with E-state index in [0.29, 0.717) is 0 Å². The molecule has 468 valence electrons. The summed E-state index contributed by atoms with van der Waals surface area (Å²) in [6.45, 7) is -8.47. The van der Waals surface area contributed by atoms with Gasteiger partial charge in [0.2, 0.25) is 0 Å². The highest BCUT2D eigenvalue weighted by Gasteiger charge is 2.60. The van der Waals surface area contributed by atoms with Crippen LogP contribution in [0.15, 0.2) is 0 Å². The summed E-state index contributed by atoms with van der Waals surface area (Å²) in [5.41, 5.74) is 0. The van der Waals surface area contributed by atoms with Crippen LogP contribution in [0, 0.1) is 0 Å². The van der Waals surface area contributed by atoms with E-state index in [9.17, 15) is 102 Å². The first kappa shape index (κ1) is 63.8. The van der Waals surface area contributed by atoms with Crippen LogP contribution in [0.3, 0.4) is 0 Å². The minimum Gasteiger partial charge on any atom is -0.394 e. The average molecular weight is 1190 g/mol. The normalized spacial score (nSPS) is 54.2.